The zero-order valence-corrected chi connectivity index (χ0v) is 14.8. The zero-order chi connectivity index (χ0) is 17.2. The first-order chi connectivity index (χ1) is 12.3. The van der Waals surface area contributed by atoms with E-state index in [1.54, 1.807) is 16.7 Å². The van der Waals surface area contributed by atoms with Gasteiger partial charge in [-0.15, -0.1) is 11.8 Å². The molecule has 0 saturated heterocycles. The summed E-state index contributed by atoms with van der Waals surface area (Å²) in [5.41, 5.74) is 3.47. The lowest BCUT2D eigenvalue weighted by Gasteiger charge is -2.21. The monoisotopic (exact) mass is 350 g/mol. The minimum atomic E-state index is -0.0728. The summed E-state index contributed by atoms with van der Waals surface area (Å²) in [6.45, 7) is 3.18. The van der Waals surface area contributed by atoms with Crippen molar-refractivity contribution in [2.24, 2.45) is 0 Å². The summed E-state index contributed by atoms with van der Waals surface area (Å²) >= 11 is 1.72. The smallest absolute Gasteiger partial charge is 0.276 e. The van der Waals surface area contributed by atoms with Gasteiger partial charge in [0.1, 0.15) is 0 Å². The van der Waals surface area contributed by atoms with Gasteiger partial charge in [-0.05, 0) is 24.6 Å². The predicted molar refractivity (Wildman–Crippen MR) is 98.4 cm³/mol. The second-order valence-electron chi connectivity index (χ2n) is 5.93. The van der Waals surface area contributed by atoms with Gasteiger partial charge in [0.25, 0.3) is 5.91 Å². The maximum atomic E-state index is 13.0. The highest BCUT2D eigenvalue weighted by Crippen LogP contribution is 2.42. The molecule has 2 aromatic carbocycles. The van der Waals surface area contributed by atoms with E-state index in [2.05, 4.69) is 11.2 Å². The predicted octanol–water partition coefficient (Wildman–Crippen LogP) is 4.61. The van der Waals surface area contributed by atoms with Crippen LogP contribution in [0.2, 0.25) is 0 Å². The van der Waals surface area contributed by atoms with Gasteiger partial charge in [0.05, 0.1) is 0 Å². The molecule has 4 rings (SSSR count). The third kappa shape index (κ3) is 2.96. The van der Waals surface area contributed by atoms with Gasteiger partial charge in [-0.25, -0.2) is 0 Å². The molecule has 1 aromatic heterocycles. The quantitative estimate of drug-likeness (QED) is 0.689. The van der Waals surface area contributed by atoms with Crippen molar-refractivity contribution in [1.82, 2.24) is 10.1 Å². The molecular formula is C20H18N2O2S. The Bertz CT molecular complexity index is 905. The third-order valence-corrected chi connectivity index (χ3v) is 5.48. The topological polar surface area (TPSA) is 46.3 Å². The van der Waals surface area contributed by atoms with Crippen molar-refractivity contribution in [3.63, 3.8) is 0 Å². The van der Waals surface area contributed by atoms with Crippen LogP contribution in [0.4, 0.5) is 0 Å². The molecule has 25 heavy (non-hydrogen) atoms. The molecule has 0 radical (unpaired) electrons. The molecule has 0 spiro atoms. The summed E-state index contributed by atoms with van der Waals surface area (Å²) in [5.74, 6) is 1.37. The normalized spacial score (nSPS) is 12.4. The van der Waals surface area contributed by atoms with Crippen LogP contribution in [0.5, 0.6) is 0 Å². The molecule has 0 N–H and O–H groups in total. The van der Waals surface area contributed by atoms with E-state index in [-0.39, 0.29) is 5.91 Å². The van der Waals surface area contributed by atoms with Crippen molar-refractivity contribution >= 4 is 17.7 Å². The Labute approximate surface area is 150 Å². The highest BCUT2D eigenvalue weighted by molar-refractivity contribution is 7.98. The Morgan fingerprint density at radius 3 is 2.72 bits per heavy atom. The fourth-order valence-corrected chi connectivity index (χ4v) is 4.09. The van der Waals surface area contributed by atoms with E-state index >= 15 is 0 Å². The second-order valence-corrected chi connectivity index (χ2v) is 6.95. The van der Waals surface area contributed by atoms with E-state index in [0.29, 0.717) is 24.5 Å². The van der Waals surface area contributed by atoms with Crippen LogP contribution in [-0.2, 0) is 12.3 Å². The third-order valence-electron chi connectivity index (χ3n) is 4.38. The van der Waals surface area contributed by atoms with Crippen LogP contribution in [0.1, 0.15) is 28.5 Å². The van der Waals surface area contributed by atoms with Crippen molar-refractivity contribution < 1.29 is 9.32 Å². The van der Waals surface area contributed by atoms with Gasteiger partial charge in [-0.1, -0.05) is 47.6 Å². The lowest BCUT2D eigenvalue weighted by atomic mass is 10.1. The number of carbonyl (C=O) groups excluding carboxylic acids is 1. The summed E-state index contributed by atoms with van der Waals surface area (Å²) in [6, 6.07) is 18.1. The summed E-state index contributed by atoms with van der Waals surface area (Å²) in [6.07, 6.45) is 0. The summed E-state index contributed by atoms with van der Waals surface area (Å²) < 4.78 is 5.57. The van der Waals surface area contributed by atoms with Gasteiger partial charge in [0.15, 0.2) is 11.5 Å². The standard InChI is InChI=1S/C20H18N2O2S/c1-2-22(12-14-8-4-3-5-9-14)20(23)18-16-13-25-17-11-7-6-10-15(17)19(16)24-21-18/h3-11H,2,12-13H2,1H3. The Kier molecular flexibility index (Phi) is 4.32. The number of benzene rings is 2. The fourth-order valence-electron chi connectivity index (χ4n) is 3.03. The van der Waals surface area contributed by atoms with Crippen molar-refractivity contribution in [3.05, 3.63) is 71.4 Å². The van der Waals surface area contributed by atoms with Gasteiger partial charge in [0, 0.05) is 34.9 Å². The summed E-state index contributed by atoms with van der Waals surface area (Å²) in [5, 5.41) is 4.13. The number of hydrogen-bond donors (Lipinski definition) is 0. The highest BCUT2D eigenvalue weighted by atomic mass is 32.2. The van der Waals surface area contributed by atoms with Crippen molar-refractivity contribution in [2.75, 3.05) is 6.54 Å². The SMILES string of the molecule is CCN(Cc1ccccc1)C(=O)c1noc2c1CSc1ccccc1-2. The van der Waals surface area contributed by atoms with Crippen LogP contribution in [0.15, 0.2) is 64.0 Å². The summed E-state index contributed by atoms with van der Waals surface area (Å²) in [7, 11) is 0. The zero-order valence-electron chi connectivity index (χ0n) is 13.9. The molecule has 1 amide bonds. The maximum absolute atomic E-state index is 13.0. The lowest BCUT2D eigenvalue weighted by molar-refractivity contribution is 0.0741. The molecule has 1 aliphatic rings. The van der Waals surface area contributed by atoms with Gasteiger partial charge in [-0.2, -0.15) is 0 Å². The Morgan fingerprint density at radius 2 is 1.92 bits per heavy atom. The molecule has 3 aromatic rings. The number of rotatable bonds is 4. The minimum absolute atomic E-state index is 0.0728. The second kappa shape index (κ2) is 6.76. The average molecular weight is 350 g/mol. The number of aromatic nitrogens is 1. The largest absolute Gasteiger partial charge is 0.355 e. The van der Waals surface area contributed by atoms with Crippen molar-refractivity contribution in [2.45, 2.75) is 24.1 Å². The first-order valence-electron chi connectivity index (χ1n) is 8.32. The van der Waals surface area contributed by atoms with Gasteiger partial charge < -0.3 is 9.42 Å². The number of carbonyl (C=O) groups is 1. The van der Waals surface area contributed by atoms with Crippen molar-refractivity contribution in [3.8, 4) is 11.3 Å². The fraction of sp³-hybridized carbons (Fsp3) is 0.200. The molecular weight excluding hydrogens is 332 g/mol. The molecule has 126 valence electrons. The first kappa shape index (κ1) is 16.0. The van der Waals surface area contributed by atoms with Gasteiger partial charge in [0.2, 0.25) is 0 Å². The van der Waals surface area contributed by atoms with Crippen LogP contribution >= 0.6 is 11.8 Å². The van der Waals surface area contributed by atoms with Crippen LogP contribution in [0, 0.1) is 0 Å². The lowest BCUT2D eigenvalue weighted by Crippen LogP contribution is -2.31. The summed E-state index contributed by atoms with van der Waals surface area (Å²) in [4.78, 5) is 16.0. The van der Waals surface area contributed by atoms with Crippen LogP contribution in [0.25, 0.3) is 11.3 Å². The molecule has 0 saturated carbocycles. The van der Waals surface area contributed by atoms with E-state index in [9.17, 15) is 4.79 Å². The van der Waals surface area contributed by atoms with Crippen LogP contribution in [0.3, 0.4) is 0 Å². The average Bonchev–Trinajstić information content (AvgIpc) is 3.11. The Hall–Kier alpha value is -2.53. The molecule has 0 bridgehead atoms. The number of fused-ring (bicyclic) bond motifs is 3. The highest BCUT2D eigenvalue weighted by Gasteiger charge is 2.29. The molecule has 1 aliphatic heterocycles. The number of hydrogen-bond acceptors (Lipinski definition) is 4. The van der Waals surface area contributed by atoms with E-state index in [1.807, 2.05) is 55.5 Å². The van der Waals surface area contributed by atoms with E-state index < -0.39 is 0 Å². The Balaban J connectivity index is 1.64. The van der Waals surface area contributed by atoms with Crippen LogP contribution < -0.4 is 0 Å². The molecule has 0 unspecified atom stereocenters. The Morgan fingerprint density at radius 1 is 1.16 bits per heavy atom. The minimum Gasteiger partial charge on any atom is -0.355 e. The van der Waals surface area contributed by atoms with Crippen molar-refractivity contribution in [1.29, 1.82) is 0 Å². The van der Waals surface area contributed by atoms with Crippen LogP contribution in [-0.4, -0.2) is 22.5 Å². The molecule has 0 atom stereocenters. The van der Waals surface area contributed by atoms with E-state index in [4.69, 9.17) is 4.52 Å². The number of nitrogens with zero attached hydrogens (tertiary/aromatic N) is 2. The molecule has 2 heterocycles. The molecule has 0 aliphatic carbocycles. The van der Waals surface area contributed by atoms with Gasteiger partial charge >= 0.3 is 0 Å². The first-order valence-corrected chi connectivity index (χ1v) is 9.30. The molecule has 0 fully saturated rings. The number of thioether (sulfide) groups is 1. The van der Waals surface area contributed by atoms with E-state index in [0.717, 1.165) is 22.5 Å². The molecule has 5 heteroatoms. The van der Waals surface area contributed by atoms with Gasteiger partial charge in [-0.3, -0.25) is 4.79 Å². The van der Waals surface area contributed by atoms with E-state index in [1.165, 1.54) is 4.90 Å². The number of amides is 1. The maximum Gasteiger partial charge on any atom is 0.276 e. The molecule has 4 nitrogen and oxygen atoms in total.